The van der Waals surface area contributed by atoms with Crippen molar-refractivity contribution in [3.05, 3.63) is 11.9 Å². The molecule has 0 fully saturated rings. The van der Waals surface area contributed by atoms with Crippen LogP contribution in [0.2, 0.25) is 0 Å². The molecule has 7 nitrogen and oxygen atoms in total. The maximum Gasteiger partial charge on any atom is 0.421 e. The molecule has 0 aromatic carbocycles. The molecule has 0 aliphatic rings. The summed E-state index contributed by atoms with van der Waals surface area (Å²) in [5.74, 6) is 0.171. The van der Waals surface area contributed by atoms with Crippen LogP contribution in [-0.2, 0) is 16.0 Å². The smallest absolute Gasteiger partial charge is 0.421 e. The molecule has 3 N–H and O–H groups in total. The highest BCUT2D eigenvalue weighted by Gasteiger charge is 2.20. The number of carbonyl (C=O) groups is 2. The Balaban J connectivity index is 2.09. The summed E-state index contributed by atoms with van der Waals surface area (Å²) < 4.78 is 6.52. The van der Waals surface area contributed by atoms with Crippen LogP contribution in [0.3, 0.4) is 0 Å². The number of aryl methyl sites for hydroxylation is 1. The fraction of sp³-hybridized carbons (Fsp3) is 0.792. The zero-order chi connectivity index (χ0) is 23.1. The number of nitrogens with two attached hydrogens (primary N) is 1. The lowest BCUT2D eigenvalue weighted by atomic mass is 10.1. The summed E-state index contributed by atoms with van der Waals surface area (Å²) in [6, 6.07) is 0. The van der Waals surface area contributed by atoms with Crippen LogP contribution >= 0.6 is 0 Å². The van der Waals surface area contributed by atoms with Crippen LogP contribution in [0.5, 0.6) is 0 Å². The Morgan fingerprint density at radius 3 is 2.16 bits per heavy atom. The summed E-state index contributed by atoms with van der Waals surface area (Å²) in [5.41, 5.74) is 5.91. The Bertz CT molecular complexity index is 650. The number of nitrogens with zero attached hydrogens (tertiary/aromatic N) is 2. The molecule has 0 unspecified atom stereocenters. The van der Waals surface area contributed by atoms with Gasteiger partial charge in [0.2, 0.25) is 11.9 Å². The third kappa shape index (κ3) is 13.1. The Hall–Kier alpha value is -2.05. The highest BCUT2D eigenvalue weighted by atomic mass is 16.6. The molecular weight excluding hydrogens is 392 g/mol. The molecule has 0 saturated heterocycles. The predicted octanol–water partition coefficient (Wildman–Crippen LogP) is 5.61. The van der Waals surface area contributed by atoms with E-state index in [0.717, 1.165) is 13.0 Å². The van der Waals surface area contributed by atoms with E-state index >= 15 is 0 Å². The van der Waals surface area contributed by atoms with Crippen molar-refractivity contribution in [1.29, 1.82) is 0 Å². The largest absolute Gasteiger partial charge is 0.443 e. The number of nitrogen functional groups attached to an aromatic ring is 1. The van der Waals surface area contributed by atoms with Gasteiger partial charge in [0.1, 0.15) is 5.60 Å². The summed E-state index contributed by atoms with van der Waals surface area (Å²) in [5, 5.41) is 2.99. The first kappa shape index (κ1) is 27.0. The van der Waals surface area contributed by atoms with Crippen molar-refractivity contribution < 1.29 is 14.3 Å². The Labute approximate surface area is 188 Å². The molecule has 31 heavy (non-hydrogen) atoms. The summed E-state index contributed by atoms with van der Waals surface area (Å²) >= 11 is 0. The van der Waals surface area contributed by atoms with Gasteiger partial charge in [-0.15, -0.1) is 0 Å². The van der Waals surface area contributed by atoms with Crippen LogP contribution < -0.4 is 11.1 Å². The number of rotatable bonds is 15. The van der Waals surface area contributed by atoms with Gasteiger partial charge < -0.3 is 15.8 Å². The molecular formula is C24H44N4O3. The second-order valence-electron chi connectivity index (χ2n) is 9.33. The van der Waals surface area contributed by atoms with Crippen LogP contribution in [0.25, 0.3) is 0 Å². The van der Waals surface area contributed by atoms with E-state index in [4.69, 9.17) is 10.5 Å². The summed E-state index contributed by atoms with van der Waals surface area (Å²) in [6.07, 6.45) is 15.6. The van der Waals surface area contributed by atoms with E-state index in [1.807, 2.05) is 0 Å². The van der Waals surface area contributed by atoms with E-state index in [1.165, 1.54) is 62.4 Å². The number of hydrogen-bond acceptors (Lipinski definition) is 5. The lowest BCUT2D eigenvalue weighted by Gasteiger charge is -2.19. The fourth-order valence-corrected chi connectivity index (χ4v) is 3.38. The zero-order valence-electron chi connectivity index (χ0n) is 20.2. The number of amides is 1. The number of aromatic nitrogens is 2. The Kier molecular flexibility index (Phi) is 12.9. The van der Waals surface area contributed by atoms with Gasteiger partial charge in [-0.1, -0.05) is 64.7 Å². The van der Waals surface area contributed by atoms with Gasteiger partial charge >= 0.3 is 6.09 Å². The molecule has 0 spiro atoms. The van der Waals surface area contributed by atoms with Crippen molar-refractivity contribution in [3.8, 4) is 0 Å². The average Bonchev–Trinajstić information content (AvgIpc) is 3.05. The maximum atomic E-state index is 12.1. The molecule has 7 heteroatoms. The van der Waals surface area contributed by atoms with Crippen LogP contribution in [0.1, 0.15) is 110 Å². The van der Waals surface area contributed by atoms with E-state index in [1.54, 1.807) is 27.0 Å². The molecule has 0 atom stereocenters. The van der Waals surface area contributed by atoms with Gasteiger partial charge in [0.15, 0.2) is 0 Å². The van der Waals surface area contributed by atoms with Gasteiger partial charge in [-0.25, -0.2) is 14.3 Å². The van der Waals surface area contributed by atoms with E-state index in [2.05, 4.69) is 17.2 Å². The van der Waals surface area contributed by atoms with E-state index < -0.39 is 11.7 Å². The summed E-state index contributed by atoms with van der Waals surface area (Å²) in [6.45, 7) is 8.39. The minimum absolute atomic E-state index is 0.0653. The maximum absolute atomic E-state index is 12.1. The molecule has 1 amide bonds. The van der Waals surface area contributed by atoms with Gasteiger partial charge in [-0.05, 0) is 40.0 Å². The van der Waals surface area contributed by atoms with Crippen molar-refractivity contribution >= 4 is 17.9 Å². The Morgan fingerprint density at radius 1 is 1.00 bits per heavy atom. The molecule has 178 valence electrons. The number of hydrogen-bond donors (Lipinski definition) is 2. The van der Waals surface area contributed by atoms with Gasteiger partial charge in [0.05, 0.1) is 5.69 Å². The summed E-state index contributed by atoms with van der Waals surface area (Å²) in [4.78, 5) is 28.3. The van der Waals surface area contributed by atoms with Crippen LogP contribution in [0.4, 0.5) is 10.7 Å². The fourth-order valence-electron chi connectivity index (χ4n) is 3.38. The quantitative estimate of drug-likeness (QED) is 0.348. The lowest BCUT2D eigenvalue weighted by Crippen LogP contribution is -2.27. The number of anilines is 1. The average molecular weight is 437 g/mol. The third-order valence-electron chi connectivity index (χ3n) is 5.06. The first-order valence-corrected chi connectivity index (χ1v) is 12.1. The minimum Gasteiger partial charge on any atom is -0.443 e. The molecule has 0 radical (unpaired) electrons. The van der Waals surface area contributed by atoms with Crippen LogP contribution in [-0.4, -0.2) is 33.7 Å². The highest BCUT2D eigenvalue weighted by Crippen LogP contribution is 2.14. The summed E-state index contributed by atoms with van der Waals surface area (Å²) in [7, 11) is 0. The van der Waals surface area contributed by atoms with E-state index in [-0.39, 0.29) is 11.9 Å². The normalized spacial score (nSPS) is 11.5. The number of ether oxygens (including phenoxy) is 1. The standard InChI is InChI=1S/C24H44N4O3/c1-5-6-7-8-9-10-11-12-13-14-18-26-21(29)17-15-16-20-19-28(22(25)27-20)23(30)31-24(2,3)4/h19H,5-18H2,1-4H3,(H2,25,27)(H,26,29). The number of carbonyl (C=O) groups excluding carboxylic acids is 2. The molecule has 1 aromatic heterocycles. The molecule has 0 bridgehead atoms. The van der Waals surface area contributed by atoms with Crippen LogP contribution in [0, 0.1) is 0 Å². The number of imidazole rings is 1. The molecule has 1 rings (SSSR count). The van der Waals surface area contributed by atoms with Gasteiger partial charge in [-0.2, -0.15) is 0 Å². The Morgan fingerprint density at radius 2 is 1.58 bits per heavy atom. The lowest BCUT2D eigenvalue weighted by molar-refractivity contribution is -0.121. The van der Waals surface area contributed by atoms with E-state index in [9.17, 15) is 9.59 Å². The van der Waals surface area contributed by atoms with Crippen molar-refractivity contribution in [1.82, 2.24) is 14.9 Å². The number of unbranched alkanes of at least 4 members (excludes halogenated alkanes) is 9. The molecule has 0 aliphatic heterocycles. The monoisotopic (exact) mass is 436 g/mol. The van der Waals surface area contributed by atoms with Crippen LogP contribution in [0.15, 0.2) is 6.20 Å². The topological polar surface area (TPSA) is 99.2 Å². The second-order valence-corrected chi connectivity index (χ2v) is 9.33. The minimum atomic E-state index is -0.597. The van der Waals surface area contributed by atoms with Gasteiger partial charge in [0.25, 0.3) is 0 Å². The first-order chi connectivity index (χ1) is 14.7. The zero-order valence-corrected chi connectivity index (χ0v) is 20.2. The molecule has 0 saturated carbocycles. The van der Waals surface area contributed by atoms with Crippen molar-refractivity contribution in [2.75, 3.05) is 12.3 Å². The first-order valence-electron chi connectivity index (χ1n) is 12.1. The SMILES string of the molecule is CCCCCCCCCCCCNC(=O)CCCc1cn(C(=O)OC(C)(C)C)c(N)n1. The van der Waals surface area contributed by atoms with Crippen molar-refractivity contribution in [2.45, 2.75) is 117 Å². The van der Waals surface area contributed by atoms with Crippen molar-refractivity contribution in [3.63, 3.8) is 0 Å². The molecule has 0 aliphatic carbocycles. The van der Waals surface area contributed by atoms with Crippen molar-refractivity contribution in [2.24, 2.45) is 0 Å². The second kappa shape index (κ2) is 14.9. The third-order valence-corrected chi connectivity index (χ3v) is 5.06. The van der Waals surface area contributed by atoms with Gasteiger partial charge in [-0.3, -0.25) is 4.79 Å². The highest BCUT2D eigenvalue weighted by molar-refractivity contribution is 5.76. The molecule has 1 heterocycles. The van der Waals surface area contributed by atoms with E-state index in [0.29, 0.717) is 25.0 Å². The molecule has 1 aromatic rings. The van der Waals surface area contributed by atoms with Gasteiger partial charge in [0, 0.05) is 19.2 Å². The predicted molar refractivity (Wildman–Crippen MR) is 126 cm³/mol. The number of nitrogens with one attached hydrogen (secondary N) is 1.